The van der Waals surface area contributed by atoms with Crippen molar-refractivity contribution in [2.45, 2.75) is 12.5 Å². The van der Waals surface area contributed by atoms with Gasteiger partial charge in [-0.3, -0.25) is 9.78 Å². The maximum atomic E-state index is 11.3. The number of carbonyl (C=O) groups is 2. The van der Waals surface area contributed by atoms with E-state index in [4.69, 9.17) is 15.6 Å². The number of rotatable bonds is 5. The third kappa shape index (κ3) is 3.62. The van der Waals surface area contributed by atoms with Gasteiger partial charge in [0.25, 0.3) is 0 Å². The Hall–Kier alpha value is -2.02. The van der Waals surface area contributed by atoms with Crippen molar-refractivity contribution in [1.29, 1.82) is 0 Å². The van der Waals surface area contributed by atoms with Crippen LogP contribution in [0.4, 0.5) is 0 Å². The molecule has 1 heterocycles. The average Bonchev–Trinajstić information content (AvgIpc) is 2.29. The molecule has 0 aliphatic rings. The third-order valence-corrected chi connectivity index (χ3v) is 1.75. The molecule has 0 spiro atoms. The lowest BCUT2D eigenvalue weighted by Crippen LogP contribution is -2.31. The van der Waals surface area contributed by atoms with Gasteiger partial charge in [-0.25, -0.2) is 9.78 Å². The number of carboxylic acids is 1. The van der Waals surface area contributed by atoms with Crippen LogP contribution >= 0.6 is 0 Å². The summed E-state index contributed by atoms with van der Waals surface area (Å²) < 4.78 is 4.76. The van der Waals surface area contributed by atoms with Gasteiger partial charge in [-0.2, -0.15) is 0 Å². The summed E-state index contributed by atoms with van der Waals surface area (Å²) in [5, 5.41) is 8.48. The fraction of sp³-hybridized carbons (Fsp3) is 0.333. The van der Waals surface area contributed by atoms with E-state index in [9.17, 15) is 9.59 Å². The highest BCUT2D eigenvalue weighted by Crippen LogP contribution is 1.97. The Labute approximate surface area is 91.3 Å². The molecular formula is C9H11N3O4. The molecular weight excluding hydrogens is 214 g/mol. The topological polar surface area (TPSA) is 115 Å². The van der Waals surface area contributed by atoms with E-state index < -0.39 is 18.0 Å². The first-order valence-corrected chi connectivity index (χ1v) is 4.53. The van der Waals surface area contributed by atoms with Crippen molar-refractivity contribution in [3.05, 3.63) is 24.3 Å². The molecule has 0 aromatic carbocycles. The van der Waals surface area contributed by atoms with E-state index in [0.717, 1.165) is 0 Å². The fourth-order valence-electron chi connectivity index (χ4n) is 0.881. The smallest absolute Gasteiger partial charge is 0.358 e. The molecule has 3 N–H and O–H groups in total. The van der Waals surface area contributed by atoms with Crippen LogP contribution in [0.3, 0.4) is 0 Å². The lowest BCUT2D eigenvalue weighted by molar-refractivity contribution is -0.138. The van der Waals surface area contributed by atoms with E-state index in [1.165, 1.54) is 18.6 Å². The van der Waals surface area contributed by atoms with Crippen LogP contribution in [0.2, 0.25) is 0 Å². The molecule has 1 rings (SSSR count). The SMILES string of the molecule is NC(CCOC(=O)c1cnccn1)C(=O)O. The van der Waals surface area contributed by atoms with Crippen molar-refractivity contribution >= 4 is 11.9 Å². The molecule has 0 radical (unpaired) electrons. The van der Waals surface area contributed by atoms with Gasteiger partial charge in [-0.15, -0.1) is 0 Å². The van der Waals surface area contributed by atoms with Gasteiger partial charge in [0, 0.05) is 18.8 Å². The fourth-order valence-corrected chi connectivity index (χ4v) is 0.881. The first kappa shape index (κ1) is 12.1. The minimum absolute atomic E-state index is 0.0569. The van der Waals surface area contributed by atoms with Crippen LogP contribution < -0.4 is 5.73 Å². The lowest BCUT2D eigenvalue weighted by atomic mass is 10.2. The number of aromatic nitrogens is 2. The standard InChI is InChI=1S/C9H11N3O4/c10-6(8(13)14)1-4-16-9(15)7-5-11-2-3-12-7/h2-3,5-6H,1,4,10H2,(H,13,14). The van der Waals surface area contributed by atoms with E-state index in [2.05, 4.69) is 9.97 Å². The highest BCUT2D eigenvalue weighted by atomic mass is 16.5. The van der Waals surface area contributed by atoms with Crippen LogP contribution in [0.15, 0.2) is 18.6 Å². The molecule has 16 heavy (non-hydrogen) atoms. The summed E-state index contributed by atoms with van der Waals surface area (Å²) in [7, 11) is 0. The number of carboxylic acid groups (broad SMARTS) is 1. The number of carbonyl (C=O) groups excluding carboxylic acids is 1. The zero-order chi connectivity index (χ0) is 12.0. The van der Waals surface area contributed by atoms with Gasteiger partial charge < -0.3 is 15.6 Å². The van der Waals surface area contributed by atoms with Crippen molar-refractivity contribution in [3.63, 3.8) is 0 Å². The number of hydrogen-bond donors (Lipinski definition) is 2. The highest BCUT2D eigenvalue weighted by molar-refractivity contribution is 5.86. The maximum absolute atomic E-state index is 11.3. The molecule has 0 bridgehead atoms. The predicted molar refractivity (Wildman–Crippen MR) is 52.5 cm³/mol. The van der Waals surface area contributed by atoms with Gasteiger partial charge in [0.1, 0.15) is 6.04 Å². The van der Waals surface area contributed by atoms with E-state index in [0.29, 0.717) is 0 Å². The zero-order valence-corrected chi connectivity index (χ0v) is 8.37. The van der Waals surface area contributed by atoms with Crippen molar-refractivity contribution in [1.82, 2.24) is 9.97 Å². The first-order chi connectivity index (χ1) is 7.61. The Bertz CT molecular complexity index is 368. The molecule has 7 nitrogen and oxygen atoms in total. The minimum atomic E-state index is -1.13. The molecule has 0 aliphatic carbocycles. The number of ether oxygens (including phenoxy) is 1. The number of nitrogens with zero attached hydrogens (tertiary/aromatic N) is 2. The average molecular weight is 225 g/mol. The van der Waals surface area contributed by atoms with Crippen LogP contribution in [0.1, 0.15) is 16.9 Å². The van der Waals surface area contributed by atoms with Crippen LogP contribution in [0, 0.1) is 0 Å². The number of nitrogens with two attached hydrogens (primary N) is 1. The van der Waals surface area contributed by atoms with Gasteiger partial charge in [-0.05, 0) is 0 Å². The monoisotopic (exact) mass is 225 g/mol. The Morgan fingerprint density at radius 1 is 1.50 bits per heavy atom. The van der Waals surface area contributed by atoms with Crippen molar-refractivity contribution < 1.29 is 19.4 Å². The zero-order valence-electron chi connectivity index (χ0n) is 8.37. The normalized spacial score (nSPS) is 11.8. The highest BCUT2D eigenvalue weighted by Gasteiger charge is 2.13. The summed E-state index contributed by atoms with van der Waals surface area (Å²) in [5.41, 5.74) is 5.30. The van der Waals surface area contributed by atoms with Crippen molar-refractivity contribution in [2.75, 3.05) is 6.61 Å². The van der Waals surface area contributed by atoms with Gasteiger partial charge in [0.05, 0.1) is 12.8 Å². The Morgan fingerprint density at radius 3 is 2.81 bits per heavy atom. The van der Waals surface area contributed by atoms with E-state index >= 15 is 0 Å². The van der Waals surface area contributed by atoms with Crippen LogP contribution in [-0.2, 0) is 9.53 Å². The van der Waals surface area contributed by atoms with Crippen molar-refractivity contribution in [2.24, 2.45) is 5.73 Å². The van der Waals surface area contributed by atoms with E-state index in [1.54, 1.807) is 0 Å². The molecule has 7 heteroatoms. The molecule has 1 atom stereocenters. The van der Waals surface area contributed by atoms with Crippen LogP contribution in [-0.4, -0.2) is 39.7 Å². The number of aliphatic carboxylic acids is 1. The predicted octanol–water partition coefficient (Wildman–Crippen LogP) is -0.565. The molecule has 0 amide bonds. The van der Waals surface area contributed by atoms with Crippen molar-refractivity contribution in [3.8, 4) is 0 Å². The summed E-state index contributed by atoms with van der Waals surface area (Å²) in [6.07, 6.45) is 4.11. The molecule has 0 saturated heterocycles. The second kappa shape index (κ2) is 5.76. The third-order valence-electron chi connectivity index (χ3n) is 1.75. The van der Waals surface area contributed by atoms with Gasteiger partial charge >= 0.3 is 11.9 Å². The second-order valence-electron chi connectivity index (χ2n) is 2.96. The molecule has 0 fully saturated rings. The number of hydrogen-bond acceptors (Lipinski definition) is 6. The van der Waals surface area contributed by atoms with Gasteiger partial charge in [0.2, 0.25) is 0 Å². The molecule has 1 aromatic rings. The summed E-state index contributed by atoms with van der Waals surface area (Å²) in [5.74, 6) is -1.78. The molecule has 86 valence electrons. The van der Waals surface area contributed by atoms with E-state index in [-0.39, 0.29) is 18.7 Å². The first-order valence-electron chi connectivity index (χ1n) is 4.53. The summed E-state index contributed by atoms with van der Waals surface area (Å²) in [6.45, 7) is -0.0666. The van der Waals surface area contributed by atoms with Gasteiger partial charge in [0.15, 0.2) is 5.69 Å². The largest absolute Gasteiger partial charge is 0.480 e. The Kier molecular flexibility index (Phi) is 4.34. The quantitative estimate of drug-likeness (QED) is 0.645. The lowest BCUT2D eigenvalue weighted by Gasteiger charge is -2.06. The molecule has 1 unspecified atom stereocenters. The van der Waals surface area contributed by atoms with Crippen LogP contribution in [0.25, 0.3) is 0 Å². The van der Waals surface area contributed by atoms with Crippen LogP contribution in [0.5, 0.6) is 0 Å². The van der Waals surface area contributed by atoms with Gasteiger partial charge in [-0.1, -0.05) is 0 Å². The Morgan fingerprint density at radius 2 is 2.25 bits per heavy atom. The summed E-state index contributed by atoms with van der Waals surface area (Å²) in [4.78, 5) is 29.1. The molecule has 1 aromatic heterocycles. The molecule has 0 aliphatic heterocycles. The minimum Gasteiger partial charge on any atom is -0.480 e. The van der Waals surface area contributed by atoms with E-state index in [1.807, 2.05) is 0 Å². The number of esters is 1. The summed E-state index contributed by atoms with van der Waals surface area (Å²) in [6, 6.07) is -1.03. The molecule has 0 saturated carbocycles. The Balaban J connectivity index is 2.34. The second-order valence-corrected chi connectivity index (χ2v) is 2.96. The maximum Gasteiger partial charge on any atom is 0.358 e. The summed E-state index contributed by atoms with van der Waals surface area (Å²) >= 11 is 0.